The minimum absolute atomic E-state index is 0.118. The Labute approximate surface area is 168 Å². The Bertz CT molecular complexity index is 866. The lowest BCUT2D eigenvalue weighted by atomic mass is 10.1. The summed E-state index contributed by atoms with van der Waals surface area (Å²) in [4.78, 5) is 16.8. The first-order chi connectivity index (χ1) is 13.3. The number of amides is 1. The Morgan fingerprint density at radius 2 is 2.00 bits per heavy atom. The third kappa shape index (κ3) is 5.46. The highest BCUT2D eigenvalue weighted by molar-refractivity contribution is 7.13. The molecule has 2 unspecified atom stereocenters. The minimum atomic E-state index is -0.572. The number of hydrogen-bond donors (Lipinski definition) is 2. The van der Waals surface area contributed by atoms with Crippen LogP contribution in [-0.2, 0) is 11.3 Å². The first kappa shape index (κ1) is 20.2. The normalized spacial score (nSPS) is 13.9. The van der Waals surface area contributed by atoms with Crippen LogP contribution in [-0.4, -0.2) is 22.7 Å². The van der Waals surface area contributed by atoms with E-state index in [-0.39, 0.29) is 12.1 Å². The number of aromatic nitrogens is 1. The summed E-state index contributed by atoms with van der Waals surface area (Å²) in [5.74, 6) is 1.41. The zero-order chi connectivity index (χ0) is 20.1. The molecule has 3 aromatic heterocycles. The van der Waals surface area contributed by atoms with Crippen LogP contribution in [0.15, 0.2) is 51.0 Å². The molecule has 8 heteroatoms. The quantitative estimate of drug-likeness (QED) is 0.592. The smallest absolute Gasteiger partial charge is 0.408 e. The van der Waals surface area contributed by atoms with Crippen LogP contribution in [0.2, 0.25) is 0 Å². The molecule has 3 aromatic rings. The molecule has 0 spiro atoms. The van der Waals surface area contributed by atoms with Crippen molar-refractivity contribution in [2.45, 2.75) is 51.9 Å². The van der Waals surface area contributed by atoms with Gasteiger partial charge in [0.1, 0.15) is 17.4 Å². The van der Waals surface area contributed by atoms with Gasteiger partial charge in [0, 0.05) is 18.0 Å². The Morgan fingerprint density at radius 3 is 2.64 bits per heavy atom. The Kier molecular flexibility index (Phi) is 6.21. The summed E-state index contributed by atoms with van der Waals surface area (Å²) in [5, 5.41) is 9.11. The summed E-state index contributed by atoms with van der Waals surface area (Å²) >= 11 is 1.53. The van der Waals surface area contributed by atoms with Gasteiger partial charge in [-0.05, 0) is 52.0 Å². The molecule has 0 saturated carbocycles. The molecule has 0 bridgehead atoms. The second-order valence-electron chi connectivity index (χ2n) is 7.43. The number of furan rings is 2. The summed E-state index contributed by atoms with van der Waals surface area (Å²) in [7, 11) is 0. The van der Waals surface area contributed by atoms with E-state index in [1.807, 2.05) is 51.3 Å². The van der Waals surface area contributed by atoms with E-state index in [0.29, 0.717) is 12.3 Å². The van der Waals surface area contributed by atoms with Gasteiger partial charge in [-0.2, -0.15) is 0 Å². The summed E-state index contributed by atoms with van der Waals surface area (Å²) in [5.41, 5.74) is 0.329. The van der Waals surface area contributed by atoms with Gasteiger partial charge in [-0.15, -0.1) is 11.3 Å². The van der Waals surface area contributed by atoms with Crippen LogP contribution in [0.25, 0.3) is 10.8 Å². The Hall–Kier alpha value is -2.58. The largest absolute Gasteiger partial charge is 0.467 e. The van der Waals surface area contributed by atoms with Crippen molar-refractivity contribution >= 4 is 17.4 Å². The fourth-order valence-corrected chi connectivity index (χ4v) is 3.42. The van der Waals surface area contributed by atoms with Crippen LogP contribution >= 0.6 is 11.3 Å². The molecule has 0 aliphatic heterocycles. The van der Waals surface area contributed by atoms with Crippen molar-refractivity contribution in [1.29, 1.82) is 0 Å². The molecule has 0 aliphatic rings. The van der Waals surface area contributed by atoms with Crippen LogP contribution < -0.4 is 10.6 Å². The maximum Gasteiger partial charge on any atom is 0.408 e. The van der Waals surface area contributed by atoms with E-state index in [4.69, 9.17) is 13.6 Å². The van der Waals surface area contributed by atoms with E-state index >= 15 is 0 Å². The molecular formula is C20H25N3O4S. The fraction of sp³-hybridized carbons (Fsp3) is 0.400. The first-order valence-electron chi connectivity index (χ1n) is 9.06. The van der Waals surface area contributed by atoms with Crippen molar-refractivity contribution in [3.8, 4) is 10.8 Å². The van der Waals surface area contributed by atoms with Crippen molar-refractivity contribution in [2.24, 2.45) is 0 Å². The maximum absolute atomic E-state index is 12.3. The summed E-state index contributed by atoms with van der Waals surface area (Å²) < 4.78 is 16.3. The lowest BCUT2D eigenvalue weighted by Crippen LogP contribution is -2.43. The van der Waals surface area contributed by atoms with Crippen molar-refractivity contribution in [2.75, 3.05) is 0 Å². The molecule has 150 valence electrons. The van der Waals surface area contributed by atoms with Crippen LogP contribution in [0.4, 0.5) is 4.79 Å². The molecule has 28 heavy (non-hydrogen) atoms. The predicted octanol–water partition coefficient (Wildman–Crippen LogP) is 4.74. The van der Waals surface area contributed by atoms with Crippen molar-refractivity contribution in [1.82, 2.24) is 15.6 Å². The average Bonchev–Trinajstić information content (AvgIpc) is 3.38. The van der Waals surface area contributed by atoms with Crippen molar-refractivity contribution < 1.29 is 18.4 Å². The van der Waals surface area contributed by atoms with Gasteiger partial charge in [0.05, 0.1) is 18.2 Å². The molecule has 0 radical (unpaired) electrons. The predicted molar refractivity (Wildman–Crippen MR) is 107 cm³/mol. The number of thiazole rings is 1. The van der Waals surface area contributed by atoms with Crippen LogP contribution in [0, 0.1) is 0 Å². The third-order valence-electron chi connectivity index (χ3n) is 3.91. The first-order valence-corrected chi connectivity index (χ1v) is 9.94. The van der Waals surface area contributed by atoms with Gasteiger partial charge >= 0.3 is 6.09 Å². The topological polar surface area (TPSA) is 89.5 Å². The lowest BCUT2D eigenvalue weighted by Gasteiger charge is -2.26. The van der Waals surface area contributed by atoms with Crippen molar-refractivity contribution in [3.63, 3.8) is 0 Å². The van der Waals surface area contributed by atoms with E-state index in [1.165, 1.54) is 11.3 Å². The number of nitrogens with one attached hydrogen (secondary N) is 2. The van der Waals surface area contributed by atoms with E-state index in [1.54, 1.807) is 18.6 Å². The standard InChI is InChI=1S/C20H25N3O4S/c1-13(21-11-14-12-28-18(22-14)16-8-6-10-26-16)17(15-7-5-9-25-15)23-19(24)27-20(2,3)4/h5-10,12-13,17,21H,11H2,1-4H3,(H,23,24). The van der Waals surface area contributed by atoms with Crippen LogP contribution in [0.3, 0.4) is 0 Å². The molecule has 1 amide bonds. The molecule has 3 heterocycles. The highest BCUT2D eigenvalue weighted by Gasteiger charge is 2.26. The molecule has 0 saturated heterocycles. The fourth-order valence-electron chi connectivity index (χ4n) is 2.63. The molecule has 0 aromatic carbocycles. The number of hydrogen-bond acceptors (Lipinski definition) is 7. The van der Waals surface area contributed by atoms with Crippen LogP contribution in [0.1, 0.15) is 45.2 Å². The van der Waals surface area contributed by atoms with Gasteiger partial charge in [-0.25, -0.2) is 9.78 Å². The SMILES string of the molecule is CC(NCc1csc(-c2ccco2)n1)C(NC(=O)OC(C)(C)C)c1ccco1. The van der Waals surface area contributed by atoms with Crippen molar-refractivity contribution in [3.05, 3.63) is 53.6 Å². The van der Waals surface area contributed by atoms with Gasteiger partial charge in [0.2, 0.25) is 0 Å². The average molecular weight is 404 g/mol. The zero-order valence-corrected chi connectivity index (χ0v) is 17.2. The van der Waals surface area contributed by atoms with Gasteiger partial charge < -0.3 is 24.2 Å². The molecule has 0 fully saturated rings. The second kappa shape index (κ2) is 8.62. The highest BCUT2D eigenvalue weighted by Crippen LogP contribution is 2.24. The number of carbonyl (C=O) groups excluding carboxylic acids is 1. The molecular weight excluding hydrogens is 378 g/mol. The van der Waals surface area contributed by atoms with E-state index in [9.17, 15) is 4.79 Å². The van der Waals surface area contributed by atoms with Gasteiger partial charge in [0.15, 0.2) is 10.8 Å². The van der Waals surface area contributed by atoms with Crippen LogP contribution in [0.5, 0.6) is 0 Å². The number of alkyl carbamates (subject to hydrolysis) is 1. The van der Waals surface area contributed by atoms with E-state index in [0.717, 1.165) is 16.5 Å². The molecule has 0 aliphatic carbocycles. The maximum atomic E-state index is 12.3. The third-order valence-corrected chi connectivity index (χ3v) is 4.82. The summed E-state index contributed by atoms with van der Waals surface area (Å²) in [6.45, 7) is 8.01. The number of rotatable bonds is 7. The monoisotopic (exact) mass is 403 g/mol. The Morgan fingerprint density at radius 1 is 1.25 bits per heavy atom. The van der Waals surface area contributed by atoms with Gasteiger partial charge in [-0.1, -0.05) is 0 Å². The summed E-state index contributed by atoms with van der Waals surface area (Å²) in [6, 6.07) is 6.85. The number of nitrogens with zero attached hydrogens (tertiary/aromatic N) is 1. The van der Waals surface area contributed by atoms with E-state index < -0.39 is 11.7 Å². The minimum Gasteiger partial charge on any atom is -0.467 e. The van der Waals surface area contributed by atoms with E-state index in [2.05, 4.69) is 15.6 Å². The number of carbonyl (C=O) groups is 1. The zero-order valence-electron chi connectivity index (χ0n) is 16.4. The summed E-state index contributed by atoms with van der Waals surface area (Å²) in [6.07, 6.45) is 2.73. The highest BCUT2D eigenvalue weighted by atomic mass is 32.1. The van der Waals surface area contributed by atoms with Gasteiger partial charge in [-0.3, -0.25) is 0 Å². The molecule has 7 nitrogen and oxygen atoms in total. The molecule has 3 rings (SSSR count). The Balaban J connectivity index is 1.63. The molecule has 2 atom stereocenters. The lowest BCUT2D eigenvalue weighted by molar-refractivity contribution is 0.0485. The molecule has 2 N–H and O–H groups in total. The second-order valence-corrected chi connectivity index (χ2v) is 8.29. The van der Waals surface area contributed by atoms with Gasteiger partial charge in [0.25, 0.3) is 0 Å². The number of ether oxygens (including phenoxy) is 1.